The number of allylic oxidation sites excluding steroid dienone is 8. The van der Waals surface area contributed by atoms with Crippen molar-refractivity contribution in [1.82, 2.24) is 0 Å². The zero-order valence-electron chi connectivity index (χ0n) is 37.6. The van der Waals surface area contributed by atoms with Gasteiger partial charge in [-0.05, 0) is 70.6 Å². The summed E-state index contributed by atoms with van der Waals surface area (Å²) in [5.74, 6) is -0.985. The van der Waals surface area contributed by atoms with Gasteiger partial charge in [0.25, 0.3) is 0 Å². The third-order valence-corrected chi connectivity index (χ3v) is 10.3. The van der Waals surface area contributed by atoms with Crippen molar-refractivity contribution in [1.29, 1.82) is 0 Å². The average molecular weight is 799 g/mol. The highest BCUT2D eigenvalue weighted by Crippen LogP contribution is 2.14. The number of esters is 3. The largest absolute Gasteiger partial charge is 0.462 e. The van der Waals surface area contributed by atoms with E-state index in [0.717, 1.165) is 51.4 Å². The van der Waals surface area contributed by atoms with Crippen LogP contribution in [-0.4, -0.2) is 37.2 Å². The molecule has 330 valence electrons. The summed E-state index contributed by atoms with van der Waals surface area (Å²) in [5, 5.41) is 0. The van der Waals surface area contributed by atoms with E-state index in [4.69, 9.17) is 14.2 Å². The topological polar surface area (TPSA) is 78.9 Å². The second-order valence-electron chi connectivity index (χ2n) is 16.0. The van der Waals surface area contributed by atoms with Crippen molar-refractivity contribution < 1.29 is 28.6 Å². The van der Waals surface area contributed by atoms with Gasteiger partial charge in [-0.2, -0.15) is 0 Å². The fraction of sp³-hybridized carbons (Fsp3) is 0.784. The van der Waals surface area contributed by atoms with Crippen LogP contribution in [0.4, 0.5) is 0 Å². The lowest BCUT2D eigenvalue weighted by molar-refractivity contribution is -0.167. The van der Waals surface area contributed by atoms with Crippen molar-refractivity contribution in [3.63, 3.8) is 0 Å². The highest BCUT2D eigenvalue weighted by molar-refractivity contribution is 5.71. The van der Waals surface area contributed by atoms with E-state index in [1.807, 2.05) is 0 Å². The molecule has 0 amide bonds. The van der Waals surface area contributed by atoms with Gasteiger partial charge in [0, 0.05) is 19.3 Å². The molecule has 0 rings (SSSR count). The highest BCUT2D eigenvalue weighted by atomic mass is 16.6. The van der Waals surface area contributed by atoms with Crippen LogP contribution >= 0.6 is 0 Å². The molecule has 1 unspecified atom stereocenters. The molecule has 0 aliphatic carbocycles. The smallest absolute Gasteiger partial charge is 0.306 e. The van der Waals surface area contributed by atoms with Gasteiger partial charge in [-0.25, -0.2) is 0 Å². The van der Waals surface area contributed by atoms with E-state index in [-0.39, 0.29) is 37.5 Å². The van der Waals surface area contributed by atoms with Crippen LogP contribution in [0.5, 0.6) is 0 Å². The maximum Gasteiger partial charge on any atom is 0.306 e. The number of hydrogen-bond donors (Lipinski definition) is 0. The Kier molecular flexibility index (Phi) is 43.9. The van der Waals surface area contributed by atoms with Crippen LogP contribution in [-0.2, 0) is 28.6 Å². The molecule has 0 aromatic carbocycles. The van der Waals surface area contributed by atoms with E-state index in [2.05, 4.69) is 69.4 Å². The van der Waals surface area contributed by atoms with E-state index in [9.17, 15) is 14.4 Å². The molecule has 0 aliphatic heterocycles. The maximum atomic E-state index is 12.7. The molecule has 57 heavy (non-hydrogen) atoms. The van der Waals surface area contributed by atoms with Crippen LogP contribution in [0.15, 0.2) is 48.6 Å². The predicted molar refractivity (Wildman–Crippen MR) is 242 cm³/mol. The molecule has 0 fully saturated rings. The van der Waals surface area contributed by atoms with Crippen LogP contribution in [0.25, 0.3) is 0 Å². The Labute approximate surface area is 352 Å². The third-order valence-electron chi connectivity index (χ3n) is 10.3. The summed E-state index contributed by atoms with van der Waals surface area (Å²) in [4.78, 5) is 37.7. The molecule has 0 N–H and O–H groups in total. The molecule has 0 aliphatic rings. The lowest BCUT2D eigenvalue weighted by atomic mass is 10.0. The van der Waals surface area contributed by atoms with Crippen LogP contribution < -0.4 is 0 Å². The van der Waals surface area contributed by atoms with E-state index in [1.54, 1.807) is 0 Å². The fourth-order valence-electron chi connectivity index (χ4n) is 6.64. The first-order valence-electron chi connectivity index (χ1n) is 24.1. The molecule has 6 heteroatoms. The van der Waals surface area contributed by atoms with Crippen LogP contribution in [0.1, 0.15) is 239 Å². The second-order valence-corrected chi connectivity index (χ2v) is 16.0. The molecule has 0 aromatic heterocycles. The lowest BCUT2D eigenvalue weighted by Crippen LogP contribution is -2.30. The van der Waals surface area contributed by atoms with Crippen molar-refractivity contribution >= 4 is 17.9 Å². The van der Waals surface area contributed by atoms with E-state index in [1.165, 1.54) is 135 Å². The van der Waals surface area contributed by atoms with E-state index >= 15 is 0 Å². The lowest BCUT2D eigenvalue weighted by Gasteiger charge is -2.18. The number of carbonyl (C=O) groups excluding carboxylic acids is 3. The quantitative estimate of drug-likeness (QED) is 0.0265. The Morgan fingerprint density at radius 2 is 0.649 bits per heavy atom. The summed E-state index contributed by atoms with van der Waals surface area (Å²) in [6.07, 6.45) is 54.0. The van der Waals surface area contributed by atoms with E-state index in [0.29, 0.717) is 25.7 Å². The Morgan fingerprint density at radius 1 is 0.351 bits per heavy atom. The Morgan fingerprint density at radius 3 is 1.07 bits per heavy atom. The van der Waals surface area contributed by atoms with Crippen molar-refractivity contribution in [2.45, 2.75) is 245 Å². The Bertz CT molecular complexity index is 1010. The fourth-order valence-corrected chi connectivity index (χ4v) is 6.64. The maximum absolute atomic E-state index is 12.7. The third kappa shape index (κ3) is 44.3. The van der Waals surface area contributed by atoms with Crippen LogP contribution in [0, 0.1) is 0 Å². The average Bonchev–Trinajstić information content (AvgIpc) is 3.21. The number of unbranched alkanes of at least 4 members (excludes halogenated alkanes) is 24. The summed E-state index contributed by atoms with van der Waals surface area (Å²) in [6.45, 7) is 6.52. The zero-order chi connectivity index (χ0) is 41.5. The van der Waals surface area contributed by atoms with Crippen LogP contribution in [0.2, 0.25) is 0 Å². The first-order chi connectivity index (χ1) is 28.0. The minimum absolute atomic E-state index is 0.102. The van der Waals surface area contributed by atoms with Gasteiger partial charge in [0.1, 0.15) is 13.2 Å². The molecule has 0 bridgehead atoms. The molecular weight excluding hydrogens is 709 g/mol. The predicted octanol–water partition coefficient (Wildman–Crippen LogP) is 15.5. The van der Waals surface area contributed by atoms with Gasteiger partial charge in [0.15, 0.2) is 6.10 Å². The number of hydrogen-bond acceptors (Lipinski definition) is 6. The minimum Gasteiger partial charge on any atom is -0.462 e. The monoisotopic (exact) mass is 799 g/mol. The summed E-state index contributed by atoms with van der Waals surface area (Å²) >= 11 is 0. The normalized spacial score (nSPS) is 12.4. The highest BCUT2D eigenvalue weighted by Gasteiger charge is 2.19. The van der Waals surface area contributed by atoms with Crippen molar-refractivity contribution in [3.8, 4) is 0 Å². The van der Waals surface area contributed by atoms with Crippen molar-refractivity contribution in [2.75, 3.05) is 13.2 Å². The number of carbonyl (C=O) groups is 3. The first-order valence-corrected chi connectivity index (χ1v) is 24.1. The van der Waals surface area contributed by atoms with Gasteiger partial charge in [0.05, 0.1) is 0 Å². The van der Waals surface area contributed by atoms with Crippen LogP contribution in [0.3, 0.4) is 0 Å². The molecular formula is C51H90O6. The van der Waals surface area contributed by atoms with Gasteiger partial charge in [-0.15, -0.1) is 0 Å². The Balaban J connectivity index is 4.42. The molecule has 0 aromatic rings. The summed E-state index contributed by atoms with van der Waals surface area (Å²) in [5.41, 5.74) is 0. The molecule has 0 saturated heterocycles. The molecule has 0 radical (unpaired) electrons. The van der Waals surface area contributed by atoms with Crippen molar-refractivity contribution in [2.24, 2.45) is 0 Å². The second kappa shape index (κ2) is 46.1. The summed E-state index contributed by atoms with van der Waals surface area (Å²) < 4.78 is 16.6. The van der Waals surface area contributed by atoms with Gasteiger partial charge in [0.2, 0.25) is 0 Å². The molecule has 6 nitrogen and oxygen atoms in total. The molecule has 0 saturated carbocycles. The molecule has 1 atom stereocenters. The Hall–Kier alpha value is -2.63. The number of ether oxygens (including phenoxy) is 3. The van der Waals surface area contributed by atoms with E-state index < -0.39 is 6.10 Å². The van der Waals surface area contributed by atoms with Crippen molar-refractivity contribution in [3.05, 3.63) is 48.6 Å². The van der Waals surface area contributed by atoms with Gasteiger partial charge < -0.3 is 14.2 Å². The first kappa shape index (κ1) is 54.4. The number of rotatable bonds is 43. The molecule has 0 heterocycles. The zero-order valence-corrected chi connectivity index (χ0v) is 37.6. The minimum atomic E-state index is -0.799. The van der Waals surface area contributed by atoms with Gasteiger partial charge >= 0.3 is 17.9 Å². The summed E-state index contributed by atoms with van der Waals surface area (Å²) in [7, 11) is 0. The SMILES string of the molecule is CCCCCC/C=C\CCCC(=O)OCC(COC(=O)CCC/C=C\C/C=C\C/C=C\CCCCCCCC)OC(=O)CCCCCCCCCCCCCCC. The summed E-state index contributed by atoms with van der Waals surface area (Å²) in [6, 6.07) is 0. The van der Waals surface area contributed by atoms with Gasteiger partial charge in [-0.1, -0.05) is 198 Å². The standard InChI is InChI=1S/C51H90O6/c1-4-7-10-13-16-19-21-23-24-25-26-28-29-32-35-38-41-44-50(53)56-47-48(46-55-49(52)43-40-37-34-31-18-15-12-9-6-3)57-51(54)45-42-39-36-33-30-27-22-20-17-14-11-8-5-2/h23-24,26,28,31-32,34-35,48H,4-22,25,27,29-30,33,36-47H2,1-3H3/b24-23-,28-26-,34-31-,35-32-. The molecule has 0 spiro atoms. The van der Waals surface area contributed by atoms with Gasteiger partial charge in [-0.3, -0.25) is 14.4 Å².